The molecule has 2 saturated carbocycles. The molecular weight excluding hydrogens is 747 g/mol. The number of carbonyl (C=O) groups is 2. The van der Waals surface area contributed by atoms with Crippen LogP contribution in [0.25, 0.3) is 34.4 Å². The van der Waals surface area contributed by atoms with Crippen LogP contribution >= 0.6 is 0 Å². The number of hydrogen-bond acceptors (Lipinski definition) is 9. The van der Waals surface area contributed by atoms with Crippen LogP contribution in [0.5, 0.6) is 0 Å². The van der Waals surface area contributed by atoms with Crippen molar-refractivity contribution in [1.82, 2.24) is 9.97 Å². The molecule has 2 aliphatic carbocycles. The van der Waals surface area contributed by atoms with Gasteiger partial charge in [-0.2, -0.15) is 5.26 Å². The predicted molar refractivity (Wildman–Crippen MR) is 238 cm³/mol. The van der Waals surface area contributed by atoms with Crippen LogP contribution in [-0.4, -0.2) is 45.2 Å². The summed E-state index contributed by atoms with van der Waals surface area (Å²) in [5.74, 6) is 1.29. The van der Waals surface area contributed by atoms with E-state index in [-0.39, 0.29) is 55.2 Å². The van der Waals surface area contributed by atoms with Crippen LogP contribution in [0.15, 0.2) is 97.3 Å². The van der Waals surface area contributed by atoms with Crippen LogP contribution in [0.2, 0.25) is 0 Å². The lowest BCUT2D eigenvalue weighted by atomic mass is 9.59. The van der Waals surface area contributed by atoms with Crippen LogP contribution in [0.1, 0.15) is 84.3 Å². The summed E-state index contributed by atoms with van der Waals surface area (Å²) in [6, 6.07) is 26.2. The van der Waals surface area contributed by atoms with Gasteiger partial charge in [0.1, 0.15) is 23.3 Å². The average molecular weight is 808 g/mol. The Morgan fingerprint density at radius 2 is 1.18 bits per heavy atom. The summed E-state index contributed by atoms with van der Waals surface area (Å²) in [6.07, 6.45) is 13.1. The van der Waals surface area contributed by atoms with Gasteiger partial charge < -0.3 is 20.9 Å². The number of aryl methyl sites for hydroxylation is 1. The Hall–Kier alpha value is -5.43. The van der Waals surface area contributed by atoms with Gasteiger partial charge in [-0.15, -0.1) is 0 Å². The molecule has 8 rings (SSSR count). The molecule has 2 aromatic heterocycles. The predicted octanol–water partition coefficient (Wildman–Crippen LogP) is 9.44. The first kappa shape index (κ1) is 44.1. The van der Waals surface area contributed by atoms with Crippen LogP contribution in [0, 0.1) is 65.6 Å². The summed E-state index contributed by atoms with van der Waals surface area (Å²) in [4.78, 5) is 34.1. The van der Waals surface area contributed by atoms with Crippen molar-refractivity contribution in [3.05, 3.63) is 120 Å². The maximum atomic E-state index is 12.4. The molecule has 9 nitrogen and oxygen atoms in total. The van der Waals surface area contributed by atoms with Gasteiger partial charge in [-0.05, 0) is 105 Å². The number of benzene rings is 2. The molecule has 0 spiro atoms. The Morgan fingerprint density at radius 3 is 1.65 bits per heavy atom. The summed E-state index contributed by atoms with van der Waals surface area (Å²) in [5, 5.41) is 9.32. The van der Waals surface area contributed by atoms with Crippen LogP contribution in [0.3, 0.4) is 0 Å². The standard InChI is InChI=1S/C25H27N3O2.C25H30N2O2.CH4/c1-15-12-25(27)23(17(3)30-24(25)29)21(16(15)2)11-10-20-9-8-19(14-28-20)22-7-5-4-6-18(22)13-26;1-15-6-5-7-19(12-15)20-8-9-21(27-14-20)10-11-22-17(3)16(2)13-25(26)23(22)18(4)29-24(25)28;/h4-11,14-17,21,23H,12,27H2,1-3H3;5-12,14,16-18,22-23H,13,26H2,1-4H3;1H4/b2*11-10+;/t15-,16+,17+,21-,23-,25-;16-,17+,18+,22-,23-,25-;/m00./s1. The van der Waals surface area contributed by atoms with Crippen molar-refractivity contribution in [2.24, 2.45) is 58.8 Å². The van der Waals surface area contributed by atoms with Crippen LogP contribution in [0.4, 0.5) is 0 Å². The van der Waals surface area contributed by atoms with E-state index in [2.05, 4.69) is 99.2 Å². The van der Waals surface area contributed by atoms with Crippen molar-refractivity contribution in [1.29, 1.82) is 5.26 Å². The molecule has 9 heteroatoms. The van der Waals surface area contributed by atoms with E-state index in [0.29, 0.717) is 42.1 Å². The Bertz CT molecular complexity index is 2280. The van der Waals surface area contributed by atoms with Crippen molar-refractivity contribution >= 4 is 24.1 Å². The number of nitriles is 1. The normalized spacial score (nSPS) is 33.1. The molecular formula is C51H61N5O4. The number of allylic oxidation sites excluding steroid dienone is 2. The summed E-state index contributed by atoms with van der Waals surface area (Å²) in [7, 11) is 0. The van der Waals surface area contributed by atoms with Crippen LogP contribution in [-0.2, 0) is 19.1 Å². The fraction of sp³-hybridized carbons (Fsp3) is 0.431. The molecule has 2 aliphatic heterocycles. The first-order valence-electron chi connectivity index (χ1n) is 21.0. The van der Waals surface area contributed by atoms with Gasteiger partial charge in [0.25, 0.3) is 0 Å². The number of cyclic esters (lactones) is 2. The highest BCUT2D eigenvalue weighted by molar-refractivity contribution is 5.84. The lowest BCUT2D eigenvalue weighted by Gasteiger charge is -2.45. The molecule has 4 N–H and O–H groups in total. The number of nitrogens with two attached hydrogens (primary N) is 2. The van der Waals surface area contributed by atoms with E-state index in [1.54, 1.807) is 12.3 Å². The van der Waals surface area contributed by atoms with E-state index in [1.165, 1.54) is 11.1 Å². The Kier molecular flexibility index (Phi) is 13.0. The van der Waals surface area contributed by atoms with Crippen molar-refractivity contribution in [2.75, 3.05) is 0 Å². The second-order valence-electron chi connectivity index (χ2n) is 17.8. The number of fused-ring (bicyclic) bond motifs is 2. The van der Waals surface area contributed by atoms with Crippen LogP contribution < -0.4 is 11.5 Å². The molecule has 0 unspecified atom stereocenters. The Morgan fingerprint density at radius 1 is 0.683 bits per heavy atom. The lowest BCUT2D eigenvalue weighted by molar-refractivity contribution is -0.146. The van der Waals surface area contributed by atoms with E-state index in [0.717, 1.165) is 28.1 Å². The van der Waals surface area contributed by atoms with Gasteiger partial charge in [0.05, 0.1) is 23.0 Å². The average Bonchev–Trinajstić information content (AvgIpc) is 3.58. The van der Waals surface area contributed by atoms with E-state index in [4.69, 9.17) is 20.9 Å². The highest BCUT2D eigenvalue weighted by Gasteiger charge is 2.61. The smallest absolute Gasteiger partial charge is 0.326 e. The number of esters is 2. The molecule has 0 amide bonds. The number of aromatic nitrogens is 2. The van der Waals surface area contributed by atoms with Gasteiger partial charge >= 0.3 is 11.9 Å². The quantitative estimate of drug-likeness (QED) is 0.181. The van der Waals surface area contributed by atoms with Crippen molar-refractivity contribution in [3.8, 4) is 28.3 Å². The minimum atomic E-state index is -0.904. The molecule has 12 atom stereocenters. The molecule has 4 aromatic rings. The zero-order chi connectivity index (χ0) is 42.2. The topological polar surface area (TPSA) is 154 Å². The second kappa shape index (κ2) is 17.7. The summed E-state index contributed by atoms with van der Waals surface area (Å²) in [6.45, 7) is 14.8. The number of pyridine rings is 2. The van der Waals surface area contributed by atoms with Gasteiger partial charge in [-0.25, -0.2) is 0 Å². The highest BCUT2D eigenvalue weighted by atomic mass is 16.6. The Labute approximate surface area is 356 Å². The largest absolute Gasteiger partial charge is 0.461 e. The van der Waals surface area contributed by atoms with Crippen molar-refractivity contribution in [3.63, 3.8) is 0 Å². The fourth-order valence-electron chi connectivity index (χ4n) is 10.4. The third kappa shape index (κ3) is 8.33. The highest BCUT2D eigenvalue weighted by Crippen LogP contribution is 2.51. The summed E-state index contributed by atoms with van der Waals surface area (Å²) < 4.78 is 11.1. The molecule has 0 radical (unpaired) electrons. The summed E-state index contributed by atoms with van der Waals surface area (Å²) in [5.41, 5.74) is 19.1. The van der Waals surface area contributed by atoms with Gasteiger partial charge in [0.15, 0.2) is 0 Å². The summed E-state index contributed by atoms with van der Waals surface area (Å²) >= 11 is 0. The molecule has 4 aliphatic rings. The molecule has 4 fully saturated rings. The SMILES string of the molecule is C.C[C@H]1[C@H](/C=C/c2ccc(-c3ccccc3C#N)cn2)[C@@H]2[C@@H](C)OC(=O)[C@]2(N)C[C@@H]1C.Cc1cccc(-c2ccc(/C=C/[C@H]3[C@H](C)[C@@H](C)C[C@@]4(N)C(=O)O[C@H](C)[C@@H]34)nc2)c1. The zero-order valence-electron chi connectivity index (χ0n) is 35.2. The second-order valence-corrected chi connectivity index (χ2v) is 17.8. The third-order valence-electron chi connectivity index (χ3n) is 14.0. The Balaban J connectivity index is 0.000000198. The van der Waals surface area contributed by atoms with E-state index in [1.807, 2.05) is 62.5 Å². The zero-order valence-corrected chi connectivity index (χ0v) is 35.2. The molecule has 0 bridgehead atoms. The van der Waals surface area contributed by atoms with Gasteiger partial charge in [0, 0.05) is 40.9 Å². The number of rotatable bonds is 6. The molecule has 314 valence electrons. The van der Waals surface area contributed by atoms with E-state index >= 15 is 0 Å². The fourth-order valence-corrected chi connectivity index (χ4v) is 10.4. The molecule has 4 heterocycles. The third-order valence-corrected chi connectivity index (χ3v) is 14.0. The first-order chi connectivity index (χ1) is 28.1. The number of carbonyl (C=O) groups excluding carboxylic acids is 2. The maximum absolute atomic E-state index is 12.4. The minimum Gasteiger partial charge on any atom is -0.461 e. The first-order valence-corrected chi connectivity index (χ1v) is 21.0. The number of nitrogens with zero attached hydrogens (tertiary/aromatic N) is 3. The minimum absolute atomic E-state index is 0. The number of ether oxygens (including phenoxy) is 2. The lowest BCUT2D eigenvalue weighted by Crippen LogP contribution is -2.58. The number of hydrogen-bond donors (Lipinski definition) is 2. The van der Waals surface area contributed by atoms with E-state index < -0.39 is 11.1 Å². The van der Waals surface area contributed by atoms with Gasteiger partial charge in [-0.1, -0.05) is 107 Å². The molecule has 2 aromatic carbocycles. The van der Waals surface area contributed by atoms with Gasteiger partial charge in [-0.3, -0.25) is 19.6 Å². The molecule has 2 saturated heterocycles. The monoisotopic (exact) mass is 807 g/mol. The van der Waals surface area contributed by atoms with Crippen molar-refractivity contribution < 1.29 is 19.1 Å². The molecule has 60 heavy (non-hydrogen) atoms. The van der Waals surface area contributed by atoms with Gasteiger partial charge in [0.2, 0.25) is 0 Å². The van der Waals surface area contributed by atoms with E-state index in [9.17, 15) is 14.9 Å². The maximum Gasteiger partial charge on any atom is 0.326 e. The van der Waals surface area contributed by atoms with Crippen molar-refractivity contribution in [2.45, 2.75) is 92.0 Å².